The molecule has 19 heavy (non-hydrogen) atoms. The molecule has 3 heteroatoms. The van der Waals surface area contributed by atoms with Crippen molar-refractivity contribution in [2.75, 3.05) is 6.54 Å². The van der Waals surface area contributed by atoms with Crippen molar-refractivity contribution < 1.29 is 4.21 Å². The molecule has 0 radical (unpaired) electrons. The highest BCUT2D eigenvalue weighted by molar-refractivity contribution is 7.85. The molecule has 3 atom stereocenters. The van der Waals surface area contributed by atoms with Gasteiger partial charge in [-0.15, -0.1) is 0 Å². The summed E-state index contributed by atoms with van der Waals surface area (Å²) in [6, 6.07) is 8.71. The molecule has 1 aromatic carbocycles. The average Bonchev–Trinajstić information content (AvgIpc) is 2.44. The van der Waals surface area contributed by atoms with E-state index < -0.39 is 10.8 Å². The highest BCUT2D eigenvalue weighted by Gasteiger charge is 2.26. The molecule has 3 unspecified atom stereocenters. The molecule has 106 valence electrons. The van der Waals surface area contributed by atoms with Crippen LogP contribution >= 0.6 is 0 Å². The van der Waals surface area contributed by atoms with E-state index in [1.165, 1.54) is 24.8 Å². The zero-order valence-corrected chi connectivity index (χ0v) is 12.8. The molecule has 0 bridgehead atoms. The van der Waals surface area contributed by atoms with Crippen molar-refractivity contribution in [1.29, 1.82) is 0 Å². The van der Waals surface area contributed by atoms with Gasteiger partial charge < -0.3 is 5.32 Å². The molecule has 1 aliphatic rings. The lowest BCUT2D eigenvalue weighted by atomic mass is 9.95. The predicted octanol–water partition coefficient (Wildman–Crippen LogP) is 3.41. The fourth-order valence-electron chi connectivity index (χ4n) is 2.81. The summed E-state index contributed by atoms with van der Waals surface area (Å²) < 4.78 is 12.7. The molecule has 1 aromatic rings. The Morgan fingerprint density at radius 3 is 2.95 bits per heavy atom. The van der Waals surface area contributed by atoms with E-state index in [-0.39, 0.29) is 0 Å². The lowest BCUT2D eigenvalue weighted by molar-refractivity contribution is 0.378. The standard InChI is InChI=1S/C16H25NOS/c1-3-10-17-14-7-5-9-16(12-14)19(18)15-8-4-6-13(2)11-15/h4,6,8,11,14,16-17H,3,5,7,9-10,12H2,1-2H3. The summed E-state index contributed by atoms with van der Waals surface area (Å²) >= 11 is 0. The maximum Gasteiger partial charge on any atom is 0.0561 e. The van der Waals surface area contributed by atoms with Crippen LogP contribution in [0.4, 0.5) is 0 Å². The van der Waals surface area contributed by atoms with E-state index >= 15 is 0 Å². The normalized spacial score (nSPS) is 25.2. The number of benzene rings is 1. The Labute approximate surface area is 119 Å². The Morgan fingerprint density at radius 1 is 1.37 bits per heavy atom. The first kappa shape index (κ1) is 14.7. The third kappa shape index (κ3) is 4.15. The van der Waals surface area contributed by atoms with E-state index in [4.69, 9.17) is 0 Å². The minimum Gasteiger partial charge on any atom is -0.314 e. The van der Waals surface area contributed by atoms with Crippen molar-refractivity contribution in [3.8, 4) is 0 Å². The molecule has 1 fully saturated rings. The summed E-state index contributed by atoms with van der Waals surface area (Å²) in [4.78, 5) is 1.00. The van der Waals surface area contributed by atoms with Gasteiger partial charge in [-0.3, -0.25) is 4.21 Å². The fourth-order valence-corrected chi connectivity index (χ4v) is 4.49. The molecule has 1 N–H and O–H groups in total. The lowest BCUT2D eigenvalue weighted by Gasteiger charge is -2.29. The Bertz CT molecular complexity index is 433. The van der Waals surface area contributed by atoms with Gasteiger partial charge in [0.1, 0.15) is 0 Å². The maximum absolute atomic E-state index is 12.7. The molecule has 2 nitrogen and oxygen atoms in total. The van der Waals surface area contributed by atoms with Crippen LogP contribution in [0.3, 0.4) is 0 Å². The number of hydrogen-bond acceptors (Lipinski definition) is 2. The third-order valence-corrected chi connectivity index (χ3v) is 5.59. The highest BCUT2D eigenvalue weighted by atomic mass is 32.2. The number of hydrogen-bond donors (Lipinski definition) is 1. The van der Waals surface area contributed by atoms with Crippen molar-refractivity contribution in [2.45, 2.75) is 62.1 Å². The molecular formula is C16H25NOS. The molecule has 2 rings (SSSR count). The first-order valence-corrected chi connectivity index (χ1v) is 8.62. The minimum absolute atomic E-state index is 0.324. The van der Waals surface area contributed by atoms with Gasteiger partial charge in [-0.1, -0.05) is 25.5 Å². The van der Waals surface area contributed by atoms with E-state index in [0.29, 0.717) is 11.3 Å². The monoisotopic (exact) mass is 279 g/mol. The summed E-state index contributed by atoms with van der Waals surface area (Å²) in [5.74, 6) is 0. The summed E-state index contributed by atoms with van der Waals surface area (Å²) in [6.45, 7) is 5.33. The van der Waals surface area contributed by atoms with E-state index in [0.717, 1.165) is 24.3 Å². The fraction of sp³-hybridized carbons (Fsp3) is 0.625. The summed E-state index contributed by atoms with van der Waals surface area (Å²) in [5.41, 5.74) is 1.20. The number of nitrogens with one attached hydrogen (secondary N) is 1. The number of rotatable bonds is 5. The molecule has 0 spiro atoms. The average molecular weight is 279 g/mol. The van der Waals surface area contributed by atoms with Crippen molar-refractivity contribution in [1.82, 2.24) is 5.32 Å². The zero-order chi connectivity index (χ0) is 13.7. The van der Waals surface area contributed by atoms with Gasteiger partial charge >= 0.3 is 0 Å². The molecule has 0 aromatic heterocycles. The van der Waals surface area contributed by atoms with Crippen molar-refractivity contribution in [3.05, 3.63) is 29.8 Å². The van der Waals surface area contributed by atoms with Gasteiger partial charge in [0.2, 0.25) is 0 Å². The van der Waals surface area contributed by atoms with Gasteiger partial charge in [-0.05, 0) is 56.8 Å². The van der Waals surface area contributed by atoms with Crippen LogP contribution < -0.4 is 5.32 Å². The molecule has 0 heterocycles. The lowest BCUT2D eigenvalue weighted by Crippen LogP contribution is -2.37. The zero-order valence-electron chi connectivity index (χ0n) is 12.0. The maximum atomic E-state index is 12.7. The molecule has 0 aliphatic heterocycles. The summed E-state index contributed by atoms with van der Waals surface area (Å²) in [7, 11) is -0.846. The van der Waals surface area contributed by atoms with Crippen LogP contribution in [0.2, 0.25) is 0 Å². The smallest absolute Gasteiger partial charge is 0.0561 e. The Hall–Kier alpha value is -0.670. The quantitative estimate of drug-likeness (QED) is 0.895. The van der Waals surface area contributed by atoms with Gasteiger partial charge in [0.15, 0.2) is 0 Å². The summed E-state index contributed by atoms with van der Waals surface area (Å²) in [5, 5.41) is 3.91. The summed E-state index contributed by atoms with van der Waals surface area (Å²) in [6.07, 6.45) is 5.76. The van der Waals surface area contributed by atoms with Gasteiger partial charge in [0, 0.05) is 16.2 Å². The van der Waals surface area contributed by atoms with Crippen LogP contribution in [-0.2, 0) is 10.8 Å². The van der Waals surface area contributed by atoms with E-state index in [1.54, 1.807) is 0 Å². The topological polar surface area (TPSA) is 29.1 Å². The van der Waals surface area contributed by atoms with Crippen LogP contribution in [-0.4, -0.2) is 22.0 Å². The van der Waals surface area contributed by atoms with Crippen LogP contribution in [0.1, 0.15) is 44.6 Å². The van der Waals surface area contributed by atoms with Crippen LogP contribution in [0.15, 0.2) is 29.2 Å². The van der Waals surface area contributed by atoms with Crippen LogP contribution in [0.5, 0.6) is 0 Å². The molecule has 0 saturated heterocycles. The SMILES string of the molecule is CCCNC1CCCC(S(=O)c2cccc(C)c2)C1. The predicted molar refractivity (Wildman–Crippen MR) is 81.9 cm³/mol. The first-order chi connectivity index (χ1) is 9.20. The van der Waals surface area contributed by atoms with Gasteiger partial charge in [-0.25, -0.2) is 0 Å². The molecule has 1 aliphatic carbocycles. The van der Waals surface area contributed by atoms with E-state index in [9.17, 15) is 4.21 Å². The minimum atomic E-state index is -0.846. The third-order valence-electron chi connectivity index (χ3n) is 3.83. The highest BCUT2D eigenvalue weighted by Crippen LogP contribution is 2.26. The Morgan fingerprint density at radius 2 is 2.21 bits per heavy atom. The van der Waals surface area contributed by atoms with Crippen molar-refractivity contribution in [3.63, 3.8) is 0 Å². The molecule has 0 amide bonds. The van der Waals surface area contributed by atoms with Gasteiger partial charge in [-0.2, -0.15) is 0 Å². The van der Waals surface area contributed by atoms with Gasteiger partial charge in [0.05, 0.1) is 10.8 Å². The van der Waals surface area contributed by atoms with Gasteiger partial charge in [0.25, 0.3) is 0 Å². The molecular weight excluding hydrogens is 254 g/mol. The second kappa shape index (κ2) is 7.20. The van der Waals surface area contributed by atoms with Crippen LogP contribution in [0, 0.1) is 6.92 Å². The largest absolute Gasteiger partial charge is 0.314 e. The number of aryl methyl sites for hydroxylation is 1. The second-order valence-corrected chi connectivity index (χ2v) is 7.29. The molecule has 1 saturated carbocycles. The van der Waals surface area contributed by atoms with Crippen molar-refractivity contribution >= 4 is 10.8 Å². The Balaban J connectivity index is 1.99. The van der Waals surface area contributed by atoms with E-state index in [2.05, 4.69) is 31.3 Å². The Kier molecular flexibility index (Phi) is 5.59. The van der Waals surface area contributed by atoms with E-state index in [1.807, 2.05) is 12.1 Å². The van der Waals surface area contributed by atoms with Crippen molar-refractivity contribution in [2.24, 2.45) is 0 Å². The first-order valence-electron chi connectivity index (χ1n) is 7.41. The second-order valence-electron chi connectivity index (χ2n) is 5.55. The van der Waals surface area contributed by atoms with Crippen LogP contribution in [0.25, 0.3) is 0 Å².